The quantitative estimate of drug-likeness (QED) is 0.662. The standard InChI is InChI=1S/C22H21ClF3N5O2/c23-15-3-1-14(2-4-15)13-30-18-9-16(29-5-7-33-8-6-29)11-27-19(18)20-28-12-17(10-22(24,25)26)31(20)21(30)32/h1-4,9,11,17H,5-8,10,12-13H2. The highest BCUT2D eigenvalue weighted by molar-refractivity contribution is 6.30. The SMILES string of the molecule is O=C1N(Cc2ccc(Cl)cc2)c2cc(N3CCOCC3)cnc2C2=NCC(CC(F)(F)F)N12. The van der Waals surface area contributed by atoms with Gasteiger partial charge in [-0.3, -0.25) is 14.8 Å². The molecule has 1 aromatic heterocycles. The number of pyridine rings is 1. The summed E-state index contributed by atoms with van der Waals surface area (Å²) in [5.74, 6) is 0.199. The van der Waals surface area contributed by atoms with Gasteiger partial charge in [0.25, 0.3) is 0 Å². The van der Waals surface area contributed by atoms with Gasteiger partial charge in [-0.05, 0) is 23.8 Å². The van der Waals surface area contributed by atoms with Gasteiger partial charge in [-0.15, -0.1) is 0 Å². The summed E-state index contributed by atoms with van der Waals surface area (Å²) >= 11 is 5.99. The third kappa shape index (κ3) is 4.37. The van der Waals surface area contributed by atoms with Gasteiger partial charge in [-0.25, -0.2) is 9.78 Å². The number of aromatic nitrogens is 1. The maximum Gasteiger partial charge on any atom is 0.391 e. The molecule has 0 bridgehead atoms. The van der Waals surface area contributed by atoms with Crippen molar-refractivity contribution in [3.8, 4) is 0 Å². The van der Waals surface area contributed by atoms with Crippen molar-refractivity contribution in [2.45, 2.75) is 25.2 Å². The topological polar surface area (TPSA) is 61.3 Å². The summed E-state index contributed by atoms with van der Waals surface area (Å²) in [5, 5.41) is 0.555. The van der Waals surface area contributed by atoms with Gasteiger partial charge in [0.15, 0.2) is 5.84 Å². The normalized spacial score (nSPS) is 20.6. The maximum absolute atomic E-state index is 13.5. The fourth-order valence-corrected chi connectivity index (χ4v) is 4.48. The van der Waals surface area contributed by atoms with Crippen LogP contribution in [0.5, 0.6) is 0 Å². The lowest BCUT2D eigenvalue weighted by atomic mass is 10.1. The summed E-state index contributed by atoms with van der Waals surface area (Å²) in [6.45, 7) is 2.61. The molecule has 1 unspecified atom stereocenters. The van der Waals surface area contributed by atoms with Crippen molar-refractivity contribution in [1.82, 2.24) is 9.88 Å². The molecule has 0 saturated carbocycles. The fourth-order valence-electron chi connectivity index (χ4n) is 4.35. The first-order valence-electron chi connectivity index (χ1n) is 10.6. The Hall–Kier alpha value is -2.85. The van der Waals surface area contributed by atoms with E-state index in [1.165, 1.54) is 4.90 Å². The zero-order chi connectivity index (χ0) is 23.2. The number of rotatable bonds is 4. The molecule has 1 saturated heterocycles. The number of ether oxygens (including phenoxy) is 1. The number of nitrogens with zero attached hydrogens (tertiary/aromatic N) is 5. The molecule has 1 aromatic carbocycles. The van der Waals surface area contributed by atoms with Crippen LogP contribution in [0.1, 0.15) is 17.7 Å². The number of fused-ring (bicyclic) bond motifs is 3. The third-order valence-electron chi connectivity index (χ3n) is 5.94. The highest BCUT2D eigenvalue weighted by Crippen LogP contribution is 2.37. The first kappa shape index (κ1) is 22.0. The molecule has 3 aliphatic rings. The number of morpholine rings is 1. The molecular weight excluding hydrogens is 459 g/mol. The number of amidine groups is 1. The Morgan fingerprint density at radius 2 is 1.88 bits per heavy atom. The molecule has 11 heteroatoms. The van der Waals surface area contributed by atoms with Gasteiger partial charge < -0.3 is 9.64 Å². The number of carbonyl (C=O) groups is 1. The molecule has 3 aliphatic heterocycles. The summed E-state index contributed by atoms with van der Waals surface area (Å²) < 4.78 is 45.0. The van der Waals surface area contributed by atoms with E-state index in [-0.39, 0.29) is 18.9 Å². The number of alkyl halides is 3. The van der Waals surface area contributed by atoms with E-state index in [0.717, 1.165) is 16.2 Å². The van der Waals surface area contributed by atoms with Crippen LogP contribution in [0.25, 0.3) is 0 Å². The largest absolute Gasteiger partial charge is 0.391 e. The summed E-state index contributed by atoms with van der Waals surface area (Å²) in [6, 6.07) is 7.23. The molecule has 174 valence electrons. The van der Waals surface area contributed by atoms with E-state index in [4.69, 9.17) is 16.3 Å². The molecule has 2 aromatic rings. The molecule has 1 fully saturated rings. The molecule has 0 radical (unpaired) electrons. The molecule has 2 amide bonds. The molecular formula is C22H21ClF3N5O2. The summed E-state index contributed by atoms with van der Waals surface area (Å²) in [5.41, 5.74) is 2.55. The van der Waals surface area contributed by atoms with Crippen LogP contribution in [0.4, 0.5) is 29.3 Å². The van der Waals surface area contributed by atoms with Crippen molar-refractivity contribution in [2.75, 3.05) is 42.6 Å². The fraction of sp³-hybridized carbons (Fsp3) is 0.409. The van der Waals surface area contributed by atoms with E-state index in [0.29, 0.717) is 42.7 Å². The van der Waals surface area contributed by atoms with Crippen molar-refractivity contribution in [2.24, 2.45) is 4.99 Å². The highest BCUT2D eigenvalue weighted by Gasteiger charge is 2.47. The van der Waals surface area contributed by atoms with Gasteiger partial charge in [-0.2, -0.15) is 13.2 Å². The third-order valence-corrected chi connectivity index (χ3v) is 6.19. The Labute approximate surface area is 193 Å². The van der Waals surface area contributed by atoms with Crippen LogP contribution < -0.4 is 9.80 Å². The molecule has 5 rings (SSSR count). The lowest BCUT2D eigenvalue weighted by Gasteiger charge is -2.38. The predicted molar refractivity (Wildman–Crippen MR) is 118 cm³/mol. The monoisotopic (exact) mass is 479 g/mol. The van der Waals surface area contributed by atoms with E-state index in [9.17, 15) is 18.0 Å². The lowest BCUT2D eigenvalue weighted by Crippen LogP contribution is -2.54. The number of benzene rings is 1. The average molecular weight is 480 g/mol. The number of halogens is 4. The van der Waals surface area contributed by atoms with E-state index >= 15 is 0 Å². The van der Waals surface area contributed by atoms with Crippen molar-refractivity contribution < 1.29 is 22.7 Å². The van der Waals surface area contributed by atoms with Gasteiger partial charge in [0.05, 0.1) is 56.3 Å². The van der Waals surface area contributed by atoms with Crippen LogP contribution in [0.3, 0.4) is 0 Å². The Morgan fingerprint density at radius 1 is 1.15 bits per heavy atom. The Morgan fingerprint density at radius 3 is 2.58 bits per heavy atom. The van der Waals surface area contributed by atoms with Crippen LogP contribution in [-0.4, -0.2) is 66.8 Å². The summed E-state index contributed by atoms with van der Waals surface area (Å²) in [6.07, 6.45) is -3.86. The number of hydrogen-bond acceptors (Lipinski definition) is 5. The van der Waals surface area contributed by atoms with Crippen LogP contribution in [0.15, 0.2) is 41.5 Å². The molecule has 33 heavy (non-hydrogen) atoms. The van der Waals surface area contributed by atoms with E-state index in [1.54, 1.807) is 30.5 Å². The predicted octanol–water partition coefficient (Wildman–Crippen LogP) is 4.10. The van der Waals surface area contributed by atoms with Gasteiger partial charge >= 0.3 is 12.2 Å². The van der Waals surface area contributed by atoms with Crippen LogP contribution in [-0.2, 0) is 11.3 Å². The van der Waals surface area contributed by atoms with Crippen molar-refractivity contribution in [3.63, 3.8) is 0 Å². The van der Waals surface area contributed by atoms with Crippen molar-refractivity contribution in [3.05, 3.63) is 52.8 Å². The summed E-state index contributed by atoms with van der Waals surface area (Å²) in [4.78, 5) is 27.1. The molecule has 4 heterocycles. The highest BCUT2D eigenvalue weighted by atomic mass is 35.5. The number of carbonyl (C=O) groups excluding carboxylic acids is 1. The zero-order valence-electron chi connectivity index (χ0n) is 17.6. The zero-order valence-corrected chi connectivity index (χ0v) is 18.3. The minimum atomic E-state index is -4.41. The van der Waals surface area contributed by atoms with E-state index in [1.807, 2.05) is 6.07 Å². The second kappa shape index (κ2) is 8.49. The Bertz CT molecular complexity index is 1090. The second-order valence-corrected chi connectivity index (χ2v) is 8.60. The Kier molecular flexibility index (Phi) is 5.65. The lowest BCUT2D eigenvalue weighted by molar-refractivity contribution is -0.141. The van der Waals surface area contributed by atoms with Crippen LogP contribution >= 0.6 is 11.6 Å². The van der Waals surface area contributed by atoms with Gasteiger partial charge in [0.1, 0.15) is 5.69 Å². The van der Waals surface area contributed by atoms with Crippen molar-refractivity contribution >= 4 is 34.8 Å². The number of amides is 2. The Balaban J connectivity index is 1.54. The number of aliphatic imine (C=N–C) groups is 1. The number of hydrogen-bond donors (Lipinski definition) is 0. The molecule has 7 nitrogen and oxygen atoms in total. The molecule has 1 atom stereocenters. The first-order chi connectivity index (χ1) is 15.8. The second-order valence-electron chi connectivity index (χ2n) is 8.16. The molecule has 0 spiro atoms. The summed E-state index contributed by atoms with van der Waals surface area (Å²) in [7, 11) is 0. The smallest absolute Gasteiger partial charge is 0.378 e. The maximum atomic E-state index is 13.5. The minimum Gasteiger partial charge on any atom is -0.378 e. The number of urea groups is 1. The van der Waals surface area contributed by atoms with Crippen LogP contribution in [0.2, 0.25) is 5.02 Å². The van der Waals surface area contributed by atoms with E-state index in [2.05, 4.69) is 14.9 Å². The average Bonchev–Trinajstić information content (AvgIpc) is 3.20. The van der Waals surface area contributed by atoms with Gasteiger partial charge in [0, 0.05) is 18.1 Å². The first-order valence-corrected chi connectivity index (χ1v) is 11.0. The number of anilines is 2. The molecule has 0 aliphatic carbocycles. The van der Waals surface area contributed by atoms with Crippen LogP contribution in [0, 0.1) is 0 Å². The van der Waals surface area contributed by atoms with E-state index < -0.39 is 24.7 Å². The minimum absolute atomic E-state index is 0.109. The van der Waals surface area contributed by atoms with Crippen molar-refractivity contribution in [1.29, 1.82) is 0 Å². The van der Waals surface area contributed by atoms with Gasteiger partial charge in [0.2, 0.25) is 0 Å². The van der Waals surface area contributed by atoms with Gasteiger partial charge in [-0.1, -0.05) is 23.7 Å². The molecule has 0 N–H and O–H groups in total.